The van der Waals surface area contributed by atoms with Crippen LogP contribution >= 0.6 is 0 Å². The van der Waals surface area contributed by atoms with E-state index < -0.39 is 0 Å². The molecular formula is C15H27N5. The molecule has 0 amide bonds. The highest BCUT2D eigenvalue weighted by atomic mass is 15.4. The van der Waals surface area contributed by atoms with Crippen molar-refractivity contribution in [3.8, 4) is 0 Å². The number of hydrogen-bond donors (Lipinski definition) is 2. The van der Waals surface area contributed by atoms with E-state index in [1.165, 1.54) is 32.1 Å². The third kappa shape index (κ3) is 2.82. The summed E-state index contributed by atoms with van der Waals surface area (Å²) in [7, 11) is 0. The first-order valence-corrected chi connectivity index (χ1v) is 8.05. The zero-order valence-electron chi connectivity index (χ0n) is 12.8. The van der Waals surface area contributed by atoms with Crippen molar-refractivity contribution in [3.05, 3.63) is 5.82 Å². The Morgan fingerprint density at radius 2 is 2.05 bits per heavy atom. The lowest BCUT2D eigenvalue weighted by molar-refractivity contribution is 0.193. The van der Waals surface area contributed by atoms with Crippen molar-refractivity contribution in [1.82, 2.24) is 20.5 Å². The second-order valence-corrected chi connectivity index (χ2v) is 6.90. The first-order valence-electron chi connectivity index (χ1n) is 8.05. The summed E-state index contributed by atoms with van der Waals surface area (Å²) in [6.45, 7) is 8.93. The number of hydrogen-bond acceptors (Lipinski definition) is 4. The highest BCUT2D eigenvalue weighted by Crippen LogP contribution is 2.45. The van der Waals surface area contributed by atoms with Gasteiger partial charge >= 0.3 is 0 Å². The number of H-pyrrole nitrogens is 1. The van der Waals surface area contributed by atoms with Crippen LogP contribution in [-0.2, 0) is 0 Å². The number of aromatic nitrogens is 3. The highest BCUT2D eigenvalue weighted by molar-refractivity contribution is 5.30. The Bertz CT molecular complexity index is 431. The molecular weight excluding hydrogens is 250 g/mol. The monoisotopic (exact) mass is 277 g/mol. The summed E-state index contributed by atoms with van der Waals surface area (Å²) in [4.78, 5) is 7.13. The van der Waals surface area contributed by atoms with Crippen LogP contribution in [0.15, 0.2) is 0 Å². The van der Waals surface area contributed by atoms with Crippen molar-refractivity contribution in [3.63, 3.8) is 0 Å². The lowest BCUT2D eigenvalue weighted by Gasteiger charge is -2.37. The molecule has 0 radical (unpaired) electrons. The maximum atomic E-state index is 4.83. The Balaban J connectivity index is 1.75. The summed E-state index contributed by atoms with van der Waals surface area (Å²) >= 11 is 0. The van der Waals surface area contributed by atoms with Gasteiger partial charge in [0.15, 0.2) is 0 Å². The van der Waals surface area contributed by atoms with E-state index in [-0.39, 0.29) is 0 Å². The second kappa shape index (κ2) is 5.72. The molecule has 2 heterocycles. The average Bonchev–Trinajstić information content (AvgIpc) is 2.73. The fourth-order valence-electron chi connectivity index (χ4n) is 3.61. The third-order valence-corrected chi connectivity index (χ3v) is 4.95. The van der Waals surface area contributed by atoms with E-state index in [0.29, 0.717) is 11.3 Å². The van der Waals surface area contributed by atoms with Gasteiger partial charge in [-0.25, -0.2) is 0 Å². The third-order valence-electron chi connectivity index (χ3n) is 4.95. The van der Waals surface area contributed by atoms with Gasteiger partial charge in [0.2, 0.25) is 5.95 Å². The Labute approximate surface area is 121 Å². The second-order valence-electron chi connectivity index (χ2n) is 6.90. The highest BCUT2D eigenvalue weighted by Gasteiger charge is 2.35. The van der Waals surface area contributed by atoms with Crippen LogP contribution < -0.4 is 10.2 Å². The van der Waals surface area contributed by atoms with Crippen LogP contribution in [0.1, 0.15) is 57.7 Å². The molecule has 1 saturated heterocycles. The molecule has 1 unspecified atom stereocenters. The Hall–Kier alpha value is -1.10. The number of nitrogens with zero attached hydrogens (tertiary/aromatic N) is 3. The molecule has 1 aromatic rings. The molecule has 1 atom stereocenters. The van der Waals surface area contributed by atoms with Gasteiger partial charge in [0.1, 0.15) is 5.82 Å². The standard InChI is InChI=1S/C15H27N5/c1-15(2)7-4-3-6-12(15)13-17-14(19-18-13)20-10-5-8-16-9-11-20/h12,16H,3-11H2,1-2H3,(H,17,18,19). The smallest absolute Gasteiger partial charge is 0.244 e. The lowest BCUT2D eigenvalue weighted by Crippen LogP contribution is -2.29. The molecule has 2 fully saturated rings. The predicted molar refractivity (Wildman–Crippen MR) is 81.1 cm³/mol. The molecule has 0 aromatic carbocycles. The minimum absolute atomic E-state index is 0.343. The first kappa shape index (κ1) is 13.9. The zero-order chi connectivity index (χ0) is 14.0. The maximum absolute atomic E-state index is 4.83. The number of nitrogens with one attached hydrogen (secondary N) is 2. The predicted octanol–water partition coefficient (Wildman–Crippen LogP) is 2.29. The quantitative estimate of drug-likeness (QED) is 0.871. The fraction of sp³-hybridized carbons (Fsp3) is 0.867. The number of anilines is 1. The van der Waals surface area contributed by atoms with Gasteiger partial charge in [-0.3, -0.25) is 5.10 Å². The van der Waals surface area contributed by atoms with Crippen molar-refractivity contribution in [2.45, 2.75) is 51.9 Å². The SMILES string of the molecule is CC1(C)CCCCC1c1nc(N2CCCNCC2)n[nH]1. The molecule has 1 aromatic heterocycles. The van der Waals surface area contributed by atoms with Gasteiger partial charge in [-0.05, 0) is 31.2 Å². The van der Waals surface area contributed by atoms with Crippen LogP contribution in [0.25, 0.3) is 0 Å². The van der Waals surface area contributed by atoms with Crippen LogP contribution in [-0.4, -0.2) is 41.4 Å². The van der Waals surface area contributed by atoms with Gasteiger partial charge in [0.05, 0.1) is 0 Å². The van der Waals surface area contributed by atoms with Crippen LogP contribution in [0.2, 0.25) is 0 Å². The number of rotatable bonds is 2. The van der Waals surface area contributed by atoms with Gasteiger partial charge in [-0.2, -0.15) is 4.98 Å². The van der Waals surface area contributed by atoms with Gasteiger partial charge in [0, 0.05) is 25.6 Å². The van der Waals surface area contributed by atoms with Gasteiger partial charge in [-0.1, -0.05) is 26.7 Å². The van der Waals surface area contributed by atoms with E-state index in [4.69, 9.17) is 4.98 Å². The van der Waals surface area contributed by atoms with E-state index in [2.05, 4.69) is 34.3 Å². The normalized spacial score (nSPS) is 27.3. The van der Waals surface area contributed by atoms with Crippen molar-refractivity contribution >= 4 is 5.95 Å². The average molecular weight is 277 g/mol. The Morgan fingerprint density at radius 3 is 2.90 bits per heavy atom. The van der Waals surface area contributed by atoms with Crippen LogP contribution in [0.3, 0.4) is 0 Å². The van der Waals surface area contributed by atoms with Gasteiger partial charge < -0.3 is 10.2 Å². The molecule has 2 N–H and O–H groups in total. The lowest BCUT2D eigenvalue weighted by atomic mass is 9.68. The molecule has 2 aliphatic rings. The van der Waals surface area contributed by atoms with E-state index in [1.807, 2.05) is 0 Å². The van der Waals surface area contributed by atoms with Crippen molar-refractivity contribution in [1.29, 1.82) is 0 Å². The Kier molecular flexibility index (Phi) is 3.96. The molecule has 5 heteroatoms. The fourth-order valence-corrected chi connectivity index (χ4v) is 3.61. The largest absolute Gasteiger partial charge is 0.338 e. The van der Waals surface area contributed by atoms with Crippen molar-refractivity contribution in [2.24, 2.45) is 5.41 Å². The molecule has 20 heavy (non-hydrogen) atoms. The summed E-state index contributed by atoms with van der Waals surface area (Å²) in [5.41, 5.74) is 0.343. The van der Waals surface area contributed by atoms with Crippen molar-refractivity contribution < 1.29 is 0 Å². The summed E-state index contributed by atoms with van der Waals surface area (Å²) in [6, 6.07) is 0. The summed E-state index contributed by atoms with van der Waals surface area (Å²) in [5, 5.41) is 11.1. The van der Waals surface area contributed by atoms with Gasteiger partial charge in [-0.15, -0.1) is 5.10 Å². The summed E-state index contributed by atoms with van der Waals surface area (Å²) in [5.74, 6) is 2.52. The van der Waals surface area contributed by atoms with Crippen molar-refractivity contribution in [2.75, 3.05) is 31.1 Å². The summed E-state index contributed by atoms with van der Waals surface area (Å²) in [6.07, 6.45) is 6.36. The zero-order valence-corrected chi connectivity index (χ0v) is 12.8. The maximum Gasteiger partial charge on any atom is 0.244 e. The molecule has 112 valence electrons. The molecule has 3 rings (SSSR count). The molecule has 0 spiro atoms. The molecule has 1 aliphatic carbocycles. The van der Waals surface area contributed by atoms with Crippen LogP contribution in [0, 0.1) is 5.41 Å². The molecule has 0 bridgehead atoms. The molecule has 1 aliphatic heterocycles. The topological polar surface area (TPSA) is 56.8 Å². The minimum atomic E-state index is 0.343. The van der Waals surface area contributed by atoms with Gasteiger partial charge in [0.25, 0.3) is 0 Å². The van der Waals surface area contributed by atoms with E-state index in [1.54, 1.807) is 0 Å². The van der Waals surface area contributed by atoms with Crippen LogP contribution in [0.5, 0.6) is 0 Å². The van der Waals surface area contributed by atoms with E-state index >= 15 is 0 Å². The van der Waals surface area contributed by atoms with E-state index in [9.17, 15) is 0 Å². The molecule has 5 nitrogen and oxygen atoms in total. The molecule has 1 saturated carbocycles. The van der Waals surface area contributed by atoms with Crippen LogP contribution in [0.4, 0.5) is 5.95 Å². The number of aromatic amines is 1. The Morgan fingerprint density at radius 1 is 1.15 bits per heavy atom. The minimum Gasteiger partial charge on any atom is -0.338 e. The first-order chi connectivity index (χ1) is 9.67. The van der Waals surface area contributed by atoms with E-state index in [0.717, 1.165) is 38.0 Å². The summed E-state index contributed by atoms with van der Waals surface area (Å²) < 4.78 is 0.